The van der Waals surface area contributed by atoms with E-state index >= 15 is 0 Å². The summed E-state index contributed by atoms with van der Waals surface area (Å²) in [6, 6.07) is 6.39. The molecule has 0 fully saturated rings. The average Bonchev–Trinajstić information content (AvgIpc) is 2.94. The van der Waals surface area contributed by atoms with Gasteiger partial charge in [-0.05, 0) is 19.1 Å². The van der Waals surface area contributed by atoms with E-state index in [9.17, 15) is 19.2 Å². The molecular formula is C16H14N4O4S. The summed E-state index contributed by atoms with van der Waals surface area (Å²) in [7, 11) is 0. The van der Waals surface area contributed by atoms with Crippen LogP contribution in [0, 0.1) is 6.92 Å². The zero-order valence-corrected chi connectivity index (χ0v) is 14.2. The second kappa shape index (κ2) is 8.06. The van der Waals surface area contributed by atoms with Crippen molar-refractivity contribution in [1.82, 2.24) is 4.98 Å². The van der Waals surface area contributed by atoms with Crippen molar-refractivity contribution in [2.24, 2.45) is 5.10 Å². The third kappa shape index (κ3) is 4.64. The summed E-state index contributed by atoms with van der Waals surface area (Å²) in [4.78, 5) is 49.9. The molecule has 2 aromatic rings. The number of aryl methyl sites for hydroxylation is 1. The van der Waals surface area contributed by atoms with Gasteiger partial charge in [-0.1, -0.05) is 23.5 Å². The fraction of sp³-hybridized carbons (Fsp3) is 0.125. The SMILES string of the molecule is CC(=O)/C(=N\Nc1cccc(C=O)c1)C(=O)Nc1nc(C)c(C=O)s1. The Morgan fingerprint density at radius 3 is 2.60 bits per heavy atom. The minimum Gasteiger partial charge on any atom is -0.298 e. The van der Waals surface area contributed by atoms with Gasteiger partial charge in [0, 0.05) is 12.5 Å². The van der Waals surface area contributed by atoms with Crippen molar-refractivity contribution >= 4 is 52.1 Å². The fourth-order valence-corrected chi connectivity index (χ4v) is 2.59. The Hall–Kier alpha value is -3.20. The largest absolute Gasteiger partial charge is 0.298 e. The van der Waals surface area contributed by atoms with E-state index in [0.717, 1.165) is 11.3 Å². The molecule has 0 saturated carbocycles. The molecule has 0 bridgehead atoms. The molecule has 1 aromatic heterocycles. The second-order valence-corrected chi connectivity index (χ2v) is 5.94. The van der Waals surface area contributed by atoms with Gasteiger partial charge in [-0.15, -0.1) is 0 Å². The molecule has 1 amide bonds. The Morgan fingerprint density at radius 2 is 2.00 bits per heavy atom. The molecule has 2 rings (SSSR count). The minimum atomic E-state index is -0.752. The third-order valence-corrected chi connectivity index (χ3v) is 4.03. The van der Waals surface area contributed by atoms with Crippen molar-refractivity contribution in [2.45, 2.75) is 13.8 Å². The summed E-state index contributed by atoms with van der Waals surface area (Å²) in [6.07, 6.45) is 1.31. The lowest BCUT2D eigenvalue weighted by atomic mass is 10.2. The van der Waals surface area contributed by atoms with Gasteiger partial charge in [0.25, 0.3) is 5.91 Å². The summed E-state index contributed by atoms with van der Waals surface area (Å²) < 4.78 is 0. The number of rotatable bonds is 7. The van der Waals surface area contributed by atoms with Crippen LogP contribution in [0.1, 0.15) is 32.6 Å². The zero-order chi connectivity index (χ0) is 18.4. The molecule has 1 heterocycles. The van der Waals surface area contributed by atoms with Crippen LogP contribution in [-0.2, 0) is 9.59 Å². The van der Waals surface area contributed by atoms with Crippen LogP contribution in [0.25, 0.3) is 0 Å². The van der Waals surface area contributed by atoms with E-state index in [4.69, 9.17) is 0 Å². The van der Waals surface area contributed by atoms with Crippen LogP contribution in [-0.4, -0.2) is 35.0 Å². The average molecular weight is 358 g/mol. The quantitative estimate of drug-likeness (QED) is 0.339. The van der Waals surface area contributed by atoms with Crippen molar-refractivity contribution in [3.8, 4) is 0 Å². The van der Waals surface area contributed by atoms with Gasteiger partial charge in [-0.3, -0.25) is 29.9 Å². The van der Waals surface area contributed by atoms with E-state index in [1.54, 1.807) is 25.1 Å². The maximum absolute atomic E-state index is 12.2. The van der Waals surface area contributed by atoms with Gasteiger partial charge < -0.3 is 0 Å². The molecule has 1 aromatic carbocycles. The van der Waals surface area contributed by atoms with Crippen molar-refractivity contribution in [2.75, 3.05) is 10.7 Å². The van der Waals surface area contributed by atoms with Gasteiger partial charge in [0.1, 0.15) is 6.29 Å². The van der Waals surface area contributed by atoms with E-state index < -0.39 is 11.7 Å². The molecule has 0 spiro atoms. The predicted molar refractivity (Wildman–Crippen MR) is 94.4 cm³/mol. The smallest absolute Gasteiger partial charge is 0.281 e. The Balaban J connectivity index is 2.17. The Kier molecular flexibility index (Phi) is 5.85. The van der Waals surface area contributed by atoms with Crippen LogP contribution >= 0.6 is 11.3 Å². The number of hydrazone groups is 1. The predicted octanol–water partition coefficient (Wildman–Crippen LogP) is 2.07. The van der Waals surface area contributed by atoms with Gasteiger partial charge in [-0.25, -0.2) is 4.98 Å². The number of Topliss-reactive ketones (excluding diaryl/α,β-unsaturated/α-hetero) is 1. The van der Waals surface area contributed by atoms with Crippen molar-refractivity contribution < 1.29 is 19.2 Å². The molecule has 0 unspecified atom stereocenters. The number of nitrogens with zero attached hydrogens (tertiary/aromatic N) is 2. The molecule has 0 aliphatic heterocycles. The number of hydrogen-bond acceptors (Lipinski definition) is 8. The number of aldehydes is 2. The first-order valence-electron chi connectivity index (χ1n) is 7.08. The lowest BCUT2D eigenvalue weighted by Gasteiger charge is -2.05. The minimum absolute atomic E-state index is 0.196. The summed E-state index contributed by atoms with van der Waals surface area (Å²) in [5.41, 5.74) is 3.57. The van der Waals surface area contributed by atoms with Gasteiger partial charge in [0.15, 0.2) is 22.9 Å². The first-order chi connectivity index (χ1) is 11.9. The zero-order valence-electron chi connectivity index (χ0n) is 13.4. The summed E-state index contributed by atoms with van der Waals surface area (Å²) >= 11 is 1.000. The van der Waals surface area contributed by atoms with Gasteiger partial charge in [-0.2, -0.15) is 5.10 Å². The highest BCUT2D eigenvalue weighted by atomic mass is 32.1. The van der Waals surface area contributed by atoms with Crippen molar-refractivity contribution in [1.29, 1.82) is 0 Å². The number of nitrogens with one attached hydrogen (secondary N) is 2. The van der Waals surface area contributed by atoms with Crippen molar-refractivity contribution in [3.05, 3.63) is 40.4 Å². The Labute approximate surface area is 147 Å². The van der Waals surface area contributed by atoms with Crippen molar-refractivity contribution in [3.63, 3.8) is 0 Å². The lowest BCUT2D eigenvalue weighted by Crippen LogP contribution is -2.29. The van der Waals surface area contributed by atoms with E-state index in [-0.39, 0.29) is 10.8 Å². The van der Waals surface area contributed by atoms with Gasteiger partial charge >= 0.3 is 0 Å². The monoisotopic (exact) mass is 358 g/mol. The molecule has 8 nitrogen and oxygen atoms in total. The number of ketones is 1. The highest BCUT2D eigenvalue weighted by Gasteiger charge is 2.19. The van der Waals surface area contributed by atoms with Crippen LogP contribution in [0.5, 0.6) is 0 Å². The number of hydrogen-bond donors (Lipinski definition) is 2. The number of amides is 1. The van der Waals surface area contributed by atoms with Gasteiger partial charge in [0.05, 0.1) is 16.3 Å². The lowest BCUT2D eigenvalue weighted by molar-refractivity contribution is -0.114. The fourth-order valence-electron chi connectivity index (χ4n) is 1.82. The topological polar surface area (TPSA) is 118 Å². The van der Waals surface area contributed by atoms with E-state index in [1.807, 2.05) is 0 Å². The third-order valence-electron chi connectivity index (χ3n) is 3.03. The first-order valence-corrected chi connectivity index (χ1v) is 7.90. The van der Waals surface area contributed by atoms with E-state index in [2.05, 4.69) is 20.8 Å². The molecule has 0 aliphatic rings. The molecule has 0 aliphatic carbocycles. The highest BCUT2D eigenvalue weighted by molar-refractivity contribution is 7.17. The molecule has 0 radical (unpaired) electrons. The number of aromatic nitrogens is 1. The molecule has 9 heteroatoms. The van der Waals surface area contributed by atoms with Crippen LogP contribution in [0.3, 0.4) is 0 Å². The maximum Gasteiger partial charge on any atom is 0.281 e. The van der Waals surface area contributed by atoms with E-state index in [0.29, 0.717) is 34.4 Å². The molecular weight excluding hydrogens is 344 g/mol. The first kappa shape index (κ1) is 18.1. The normalized spacial score (nSPS) is 10.9. The van der Waals surface area contributed by atoms with Crippen LogP contribution < -0.4 is 10.7 Å². The second-order valence-electron chi connectivity index (χ2n) is 4.91. The molecule has 128 valence electrons. The van der Waals surface area contributed by atoms with Gasteiger partial charge in [0.2, 0.25) is 0 Å². The number of carbonyl (C=O) groups is 4. The molecule has 2 N–H and O–H groups in total. The molecule has 0 atom stereocenters. The number of benzene rings is 1. The summed E-state index contributed by atoms with van der Waals surface area (Å²) in [5, 5.41) is 6.45. The van der Waals surface area contributed by atoms with Crippen LogP contribution in [0.4, 0.5) is 10.8 Å². The molecule has 0 saturated heterocycles. The van der Waals surface area contributed by atoms with Crippen LogP contribution in [0.2, 0.25) is 0 Å². The molecule has 25 heavy (non-hydrogen) atoms. The maximum atomic E-state index is 12.2. The summed E-state index contributed by atoms with van der Waals surface area (Å²) in [6.45, 7) is 2.84. The Morgan fingerprint density at radius 1 is 1.24 bits per heavy atom. The van der Waals surface area contributed by atoms with E-state index in [1.165, 1.54) is 13.0 Å². The standard InChI is InChI=1S/C16H14N4O4S/c1-9-13(8-22)25-16(17-9)18-15(24)14(10(2)23)20-19-12-5-3-4-11(6-12)7-21/h3-8,19H,1-2H3,(H,17,18,24)/b20-14+. The summed E-state index contributed by atoms with van der Waals surface area (Å²) in [5.74, 6) is -1.31. The number of thiazole rings is 1. The number of carbonyl (C=O) groups excluding carboxylic acids is 4. The Bertz CT molecular complexity index is 873. The van der Waals surface area contributed by atoms with Crippen LogP contribution in [0.15, 0.2) is 29.4 Å². The number of anilines is 2. The highest BCUT2D eigenvalue weighted by Crippen LogP contribution is 2.20.